The highest BCUT2D eigenvalue weighted by atomic mass is 79.9. The largest absolute Gasteiger partial charge is 0.452 e. The fourth-order valence-electron chi connectivity index (χ4n) is 1.38. The number of rotatable bonds is 3. The zero-order chi connectivity index (χ0) is 13.1. The molecule has 0 radical (unpaired) electrons. The second-order valence-corrected chi connectivity index (χ2v) is 4.51. The van der Waals surface area contributed by atoms with Crippen LogP contribution in [0.15, 0.2) is 35.1 Å². The third-order valence-corrected chi connectivity index (χ3v) is 3.22. The Bertz CT molecular complexity index is 602. The summed E-state index contributed by atoms with van der Waals surface area (Å²) in [5.41, 5.74) is 1.09. The van der Waals surface area contributed by atoms with Gasteiger partial charge in [0, 0.05) is 21.8 Å². The molecular formula is C13H9BrFNO2. The van der Waals surface area contributed by atoms with Crippen molar-refractivity contribution in [1.29, 1.82) is 0 Å². The van der Waals surface area contributed by atoms with Crippen LogP contribution >= 0.6 is 15.9 Å². The van der Waals surface area contributed by atoms with Crippen LogP contribution in [0.2, 0.25) is 0 Å². The van der Waals surface area contributed by atoms with E-state index in [9.17, 15) is 9.18 Å². The van der Waals surface area contributed by atoms with Crippen LogP contribution in [0.5, 0.6) is 11.5 Å². The van der Waals surface area contributed by atoms with Crippen molar-refractivity contribution in [2.24, 2.45) is 0 Å². The lowest BCUT2D eigenvalue weighted by molar-refractivity contribution is 0.112. The number of hydrogen-bond donors (Lipinski definition) is 0. The summed E-state index contributed by atoms with van der Waals surface area (Å²) in [6.07, 6.45) is 3.72. The number of carbonyl (C=O) groups excluding carboxylic acids is 1. The minimum atomic E-state index is -0.584. The lowest BCUT2D eigenvalue weighted by Gasteiger charge is -2.10. The molecule has 18 heavy (non-hydrogen) atoms. The molecule has 0 spiro atoms. The number of aromatic nitrogens is 1. The van der Waals surface area contributed by atoms with Crippen molar-refractivity contribution in [1.82, 2.24) is 4.98 Å². The van der Waals surface area contributed by atoms with Crippen molar-refractivity contribution in [2.45, 2.75) is 6.92 Å². The Kier molecular flexibility index (Phi) is 3.72. The van der Waals surface area contributed by atoms with E-state index in [2.05, 4.69) is 20.9 Å². The van der Waals surface area contributed by atoms with Gasteiger partial charge < -0.3 is 4.74 Å². The summed E-state index contributed by atoms with van der Waals surface area (Å²) in [6.45, 7) is 1.83. The zero-order valence-electron chi connectivity index (χ0n) is 9.48. The molecule has 0 aliphatic rings. The molecule has 0 saturated heterocycles. The van der Waals surface area contributed by atoms with Crippen LogP contribution in [-0.2, 0) is 0 Å². The van der Waals surface area contributed by atoms with Gasteiger partial charge in [0.15, 0.2) is 11.6 Å². The molecule has 0 saturated carbocycles. The van der Waals surface area contributed by atoms with Crippen molar-refractivity contribution in [3.05, 3.63) is 52.0 Å². The summed E-state index contributed by atoms with van der Waals surface area (Å²) in [4.78, 5) is 14.5. The molecule has 0 amide bonds. The van der Waals surface area contributed by atoms with Gasteiger partial charge in [0.2, 0.25) is 0 Å². The number of carbonyl (C=O) groups is 1. The van der Waals surface area contributed by atoms with Gasteiger partial charge in [-0.05, 0) is 41.1 Å². The maximum absolute atomic E-state index is 13.6. The van der Waals surface area contributed by atoms with Gasteiger partial charge in [0.25, 0.3) is 0 Å². The highest BCUT2D eigenvalue weighted by molar-refractivity contribution is 9.10. The Morgan fingerprint density at radius 2 is 2.11 bits per heavy atom. The molecule has 1 aromatic carbocycles. The molecule has 0 atom stereocenters. The van der Waals surface area contributed by atoms with Gasteiger partial charge in [-0.3, -0.25) is 9.78 Å². The van der Waals surface area contributed by atoms with Crippen LogP contribution < -0.4 is 4.74 Å². The lowest BCUT2D eigenvalue weighted by Crippen LogP contribution is -1.93. The first kappa shape index (κ1) is 12.7. The van der Waals surface area contributed by atoms with Gasteiger partial charge in [0.1, 0.15) is 12.0 Å². The number of benzene rings is 1. The molecule has 3 nitrogen and oxygen atoms in total. The van der Waals surface area contributed by atoms with Crippen LogP contribution in [0.3, 0.4) is 0 Å². The molecule has 0 unspecified atom stereocenters. The van der Waals surface area contributed by atoms with E-state index in [0.717, 1.165) is 16.1 Å². The van der Waals surface area contributed by atoms with E-state index in [1.807, 2.05) is 6.92 Å². The van der Waals surface area contributed by atoms with Gasteiger partial charge in [-0.25, -0.2) is 4.39 Å². The normalized spacial score (nSPS) is 10.2. The maximum atomic E-state index is 13.6. The molecule has 1 aromatic heterocycles. The van der Waals surface area contributed by atoms with Crippen molar-refractivity contribution in [3.8, 4) is 11.5 Å². The number of aldehydes is 1. The minimum Gasteiger partial charge on any atom is -0.452 e. The van der Waals surface area contributed by atoms with E-state index < -0.39 is 5.82 Å². The molecule has 0 bridgehead atoms. The summed E-state index contributed by atoms with van der Waals surface area (Å²) >= 11 is 3.32. The number of ether oxygens (including phenoxy) is 1. The SMILES string of the molecule is Cc1c(Br)cncc1Oc1ccc(C=O)cc1F. The van der Waals surface area contributed by atoms with Crippen molar-refractivity contribution >= 4 is 22.2 Å². The van der Waals surface area contributed by atoms with Crippen molar-refractivity contribution < 1.29 is 13.9 Å². The maximum Gasteiger partial charge on any atom is 0.166 e. The smallest absolute Gasteiger partial charge is 0.166 e. The Labute approximate surface area is 112 Å². The molecule has 0 aliphatic carbocycles. The zero-order valence-corrected chi connectivity index (χ0v) is 11.1. The van der Waals surface area contributed by atoms with Crippen LogP contribution in [0, 0.1) is 12.7 Å². The van der Waals surface area contributed by atoms with Gasteiger partial charge in [-0.1, -0.05) is 0 Å². The topological polar surface area (TPSA) is 39.2 Å². The molecule has 2 aromatic rings. The first-order valence-corrected chi connectivity index (χ1v) is 5.94. The predicted molar refractivity (Wildman–Crippen MR) is 68.5 cm³/mol. The van der Waals surface area contributed by atoms with Crippen LogP contribution in [0.1, 0.15) is 15.9 Å². The number of hydrogen-bond acceptors (Lipinski definition) is 3. The lowest BCUT2D eigenvalue weighted by atomic mass is 10.2. The molecule has 92 valence electrons. The summed E-state index contributed by atoms with van der Waals surface area (Å²) in [5, 5.41) is 0. The standard InChI is InChI=1S/C13H9BrFNO2/c1-8-10(14)5-16-6-13(8)18-12-3-2-9(7-17)4-11(12)15/h2-7H,1H3. The average Bonchev–Trinajstić information content (AvgIpc) is 2.37. The quantitative estimate of drug-likeness (QED) is 0.807. The second-order valence-electron chi connectivity index (χ2n) is 3.65. The summed E-state index contributed by atoms with van der Waals surface area (Å²) in [6, 6.07) is 4.04. The van der Waals surface area contributed by atoms with E-state index in [-0.39, 0.29) is 11.3 Å². The van der Waals surface area contributed by atoms with E-state index in [0.29, 0.717) is 12.0 Å². The molecule has 1 heterocycles. The van der Waals surface area contributed by atoms with Crippen LogP contribution in [0.25, 0.3) is 0 Å². The highest BCUT2D eigenvalue weighted by Gasteiger charge is 2.09. The minimum absolute atomic E-state index is 0.0589. The molecular weight excluding hydrogens is 301 g/mol. The molecule has 2 rings (SSSR count). The second kappa shape index (κ2) is 5.27. The first-order valence-electron chi connectivity index (χ1n) is 5.14. The molecule has 5 heteroatoms. The summed E-state index contributed by atoms with van der Waals surface area (Å²) in [7, 11) is 0. The molecule has 0 fully saturated rings. The third-order valence-electron chi connectivity index (χ3n) is 2.42. The highest BCUT2D eigenvalue weighted by Crippen LogP contribution is 2.30. The van der Waals surface area contributed by atoms with Crippen LogP contribution in [0.4, 0.5) is 4.39 Å². The predicted octanol–water partition coefficient (Wildman–Crippen LogP) is 3.90. The first-order chi connectivity index (χ1) is 8.61. The van der Waals surface area contributed by atoms with E-state index in [1.54, 1.807) is 6.20 Å². The molecule has 0 aliphatic heterocycles. The van der Waals surface area contributed by atoms with Gasteiger partial charge in [-0.2, -0.15) is 0 Å². The fourth-order valence-corrected chi connectivity index (χ4v) is 1.69. The monoisotopic (exact) mass is 309 g/mol. The fraction of sp³-hybridized carbons (Fsp3) is 0.0769. The van der Waals surface area contributed by atoms with E-state index >= 15 is 0 Å². The molecule has 0 N–H and O–H groups in total. The number of pyridine rings is 1. The Morgan fingerprint density at radius 3 is 2.78 bits per heavy atom. The number of halogens is 2. The van der Waals surface area contributed by atoms with Crippen molar-refractivity contribution in [3.63, 3.8) is 0 Å². The van der Waals surface area contributed by atoms with Crippen molar-refractivity contribution in [2.75, 3.05) is 0 Å². The van der Waals surface area contributed by atoms with E-state index in [1.165, 1.54) is 18.3 Å². The van der Waals surface area contributed by atoms with Crippen LogP contribution in [-0.4, -0.2) is 11.3 Å². The number of nitrogens with zero attached hydrogens (tertiary/aromatic N) is 1. The van der Waals surface area contributed by atoms with Gasteiger partial charge in [0.05, 0.1) is 6.20 Å². The van der Waals surface area contributed by atoms with E-state index in [4.69, 9.17) is 4.74 Å². The summed E-state index contributed by atoms with van der Waals surface area (Å²) < 4.78 is 19.9. The Balaban J connectivity index is 2.34. The third kappa shape index (κ3) is 2.56. The average molecular weight is 310 g/mol. The van der Waals surface area contributed by atoms with Gasteiger partial charge >= 0.3 is 0 Å². The van der Waals surface area contributed by atoms with Gasteiger partial charge in [-0.15, -0.1) is 0 Å². The Hall–Kier alpha value is -1.75. The summed E-state index contributed by atoms with van der Waals surface area (Å²) in [5.74, 6) is -0.0651. The Morgan fingerprint density at radius 1 is 1.33 bits per heavy atom.